The van der Waals surface area contributed by atoms with Crippen molar-refractivity contribution in [1.82, 2.24) is 15.1 Å². The molecular formula is C18H25FN4O2. The lowest BCUT2D eigenvalue weighted by Gasteiger charge is -2.37. The van der Waals surface area contributed by atoms with E-state index in [2.05, 4.69) is 15.5 Å². The predicted octanol–water partition coefficient (Wildman–Crippen LogP) is 1.95. The molecular weight excluding hydrogens is 323 g/mol. The molecule has 3 rings (SSSR count). The van der Waals surface area contributed by atoms with Crippen LogP contribution >= 0.6 is 0 Å². The van der Waals surface area contributed by atoms with Crippen molar-refractivity contribution in [3.05, 3.63) is 29.6 Å². The summed E-state index contributed by atoms with van der Waals surface area (Å²) >= 11 is 0. The van der Waals surface area contributed by atoms with Gasteiger partial charge in [0.05, 0.1) is 11.7 Å². The van der Waals surface area contributed by atoms with Crippen LogP contribution in [0.1, 0.15) is 25.3 Å². The number of urea groups is 1. The molecule has 3 amide bonds. The minimum Gasteiger partial charge on any atom is -0.352 e. The molecule has 2 N–H and O–H groups in total. The number of halogens is 1. The zero-order chi connectivity index (χ0) is 18.0. The van der Waals surface area contributed by atoms with E-state index in [1.54, 1.807) is 17.0 Å². The van der Waals surface area contributed by atoms with E-state index < -0.39 is 5.82 Å². The molecule has 1 saturated heterocycles. The van der Waals surface area contributed by atoms with Gasteiger partial charge in [0.15, 0.2) is 0 Å². The summed E-state index contributed by atoms with van der Waals surface area (Å²) in [5, 5.41) is 5.65. The van der Waals surface area contributed by atoms with Gasteiger partial charge in [0.25, 0.3) is 0 Å². The van der Waals surface area contributed by atoms with Gasteiger partial charge in [-0.1, -0.05) is 6.07 Å². The highest BCUT2D eigenvalue weighted by atomic mass is 19.1. The molecule has 1 heterocycles. The van der Waals surface area contributed by atoms with Gasteiger partial charge in [-0.3, -0.25) is 9.69 Å². The second-order valence-electron chi connectivity index (χ2n) is 6.90. The summed E-state index contributed by atoms with van der Waals surface area (Å²) in [6, 6.07) is 4.49. The molecule has 7 heteroatoms. The van der Waals surface area contributed by atoms with Crippen molar-refractivity contribution in [1.29, 1.82) is 0 Å². The third-order valence-corrected chi connectivity index (χ3v) is 4.82. The first kappa shape index (κ1) is 17.7. The van der Waals surface area contributed by atoms with Gasteiger partial charge in [-0.2, -0.15) is 0 Å². The summed E-state index contributed by atoms with van der Waals surface area (Å²) in [5.74, 6) is -0.384. The topological polar surface area (TPSA) is 64.7 Å². The fourth-order valence-electron chi connectivity index (χ4n) is 2.96. The van der Waals surface area contributed by atoms with Crippen LogP contribution in [0.2, 0.25) is 0 Å². The van der Waals surface area contributed by atoms with Gasteiger partial charge in [0.1, 0.15) is 5.82 Å². The van der Waals surface area contributed by atoms with Crippen molar-refractivity contribution in [2.45, 2.75) is 38.8 Å². The Bertz CT molecular complexity index is 654. The second kappa shape index (κ2) is 7.39. The molecule has 1 saturated carbocycles. The molecule has 25 heavy (non-hydrogen) atoms. The summed E-state index contributed by atoms with van der Waals surface area (Å²) in [5.41, 5.74) is 1.08. The lowest BCUT2D eigenvalue weighted by Crippen LogP contribution is -2.55. The van der Waals surface area contributed by atoms with E-state index in [0.717, 1.165) is 18.4 Å². The van der Waals surface area contributed by atoms with Crippen LogP contribution in [0.5, 0.6) is 0 Å². The first-order valence-corrected chi connectivity index (χ1v) is 8.80. The number of benzene rings is 1. The molecule has 2 fully saturated rings. The van der Waals surface area contributed by atoms with E-state index in [1.807, 2.05) is 13.8 Å². The average Bonchev–Trinajstić information content (AvgIpc) is 3.41. The maximum atomic E-state index is 13.8. The van der Waals surface area contributed by atoms with Gasteiger partial charge in [0.2, 0.25) is 5.91 Å². The number of hydrogen-bond donors (Lipinski definition) is 2. The van der Waals surface area contributed by atoms with E-state index in [9.17, 15) is 14.0 Å². The Morgan fingerprint density at radius 1 is 1.20 bits per heavy atom. The minimum absolute atomic E-state index is 0.0576. The molecule has 1 aliphatic carbocycles. The second-order valence-corrected chi connectivity index (χ2v) is 6.90. The van der Waals surface area contributed by atoms with Crippen LogP contribution < -0.4 is 10.6 Å². The molecule has 2 aliphatic rings. The molecule has 0 spiro atoms. The van der Waals surface area contributed by atoms with Crippen molar-refractivity contribution < 1.29 is 14.0 Å². The Morgan fingerprint density at radius 2 is 1.88 bits per heavy atom. The maximum absolute atomic E-state index is 13.8. The number of nitrogens with one attached hydrogen (secondary N) is 2. The molecule has 1 aromatic carbocycles. The fraction of sp³-hybridized carbons (Fsp3) is 0.556. The van der Waals surface area contributed by atoms with Crippen molar-refractivity contribution in [2.24, 2.45) is 0 Å². The Hall–Kier alpha value is -2.15. The van der Waals surface area contributed by atoms with E-state index in [0.29, 0.717) is 32.2 Å². The Morgan fingerprint density at radius 3 is 2.52 bits per heavy atom. The average molecular weight is 348 g/mol. The zero-order valence-electron chi connectivity index (χ0n) is 14.7. The van der Waals surface area contributed by atoms with Crippen LogP contribution in [0, 0.1) is 12.7 Å². The normalized spacial score (nSPS) is 19.4. The van der Waals surface area contributed by atoms with E-state index in [4.69, 9.17) is 0 Å². The molecule has 6 nitrogen and oxygen atoms in total. The summed E-state index contributed by atoms with van der Waals surface area (Å²) < 4.78 is 13.8. The first-order chi connectivity index (χ1) is 11.9. The summed E-state index contributed by atoms with van der Waals surface area (Å²) in [7, 11) is 0. The van der Waals surface area contributed by atoms with Gasteiger partial charge >= 0.3 is 6.03 Å². The Kier molecular flexibility index (Phi) is 5.22. The standard InChI is InChI=1S/C18H25FN4O2/c1-12-3-6-15(19)16(11-12)21-18(25)23-9-7-22(8-10-23)13(2)17(24)20-14-4-5-14/h3,6,11,13-14H,4-5,7-10H2,1-2H3,(H,20,24)(H,21,25)/t13-/m1/s1. The van der Waals surface area contributed by atoms with Crippen molar-refractivity contribution in [3.8, 4) is 0 Å². The molecule has 0 aromatic heterocycles. The molecule has 0 radical (unpaired) electrons. The maximum Gasteiger partial charge on any atom is 0.322 e. The number of piperazine rings is 1. The van der Waals surface area contributed by atoms with Crippen molar-refractivity contribution in [2.75, 3.05) is 31.5 Å². The summed E-state index contributed by atoms with van der Waals surface area (Å²) in [6.45, 7) is 6.03. The molecule has 0 unspecified atom stereocenters. The largest absolute Gasteiger partial charge is 0.352 e. The summed E-state index contributed by atoms with van der Waals surface area (Å²) in [4.78, 5) is 28.2. The number of anilines is 1. The molecule has 1 aromatic rings. The number of amides is 3. The van der Waals surface area contributed by atoms with Crippen LogP contribution in [0.25, 0.3) is 0 Å². The minimum atomic E-state index is -0.442. The Balaban J connectivity index is 1.50. The highest BCUT2D eigenvalue weighted by molar-refractivity contribution is 5.89. The van der Waals surface area contributed by atoms with Crippen LogP contribution in [0.3, 0.4) is 0 Å². The summed E-state index contributed by atoms with van der Waals surface area (Å²) in [6.07, 6.45) is 2.14. The molecule has 1 aliphatic heterocycles. The smallest absolute Gasteiger partial charge is 0.322 e. The zero-order valence-corrected chi connectivity index (χ0v) is 14.7. The van der Waals surface area contributed by atoms with E-state index >= 15 is 0 Å². The van der Waals surface area contributed by atoms with Gasteiger partial charge in [-0.15, -0.1) is 0 Å². The van der Waals surface area contributed by atoms with E-state index in [-0.39, 0.29) is 23.7 Å². The van der Waals surface area contributed by atoms with Crippen LogP contribution in [-0.4, -0.2) is 60.0 Å². The number of aryl methyl sites for hydroxylation is 1. The third-order valence-electron chi connectivity index (χ3n) is 4.82. The Labute approximate surface area is 147 Å². The molecule has 0 bridgehead atoms. The van der Waals surface area contributed by atoms with Crippen molar-refractivity contribution >= 4 is 17.6 Å². The lowest BCUT2D eigenvalue weighted by molar-refractivity contribution is -0.126. The van der Waals surface area contributed by atoms with Gasteiger partial charge < -0.3 is 15.5 Å². The van der Waals surface area contributed by atoms with Gasteiger partial charge in [-0.25, -0.2) is 9.18 Å². The quantitative estimate of drug-likeness (QED) is 0.874. The van der Waals surface area contributed by atoms with Gasteiger partial charge in [-0.05, 0) is 44.4 Å². The number of carbonyl (C=O) groups is 2. The number of nitrogens with zero attached hydrogens (tertiary/aromatic N) is 2. The number of rotatable bonds is 4. The lowest BCUT2D eigenvalue weighted by atomic mass is 10.2. The highest BCUT2D eigenvalue weighted by Gasteiger charge is 2.31. The first-order valence-electron chi connectivity index (χ1n) is 8.80. The third kappa shape index (κ3) is 4.48. The fourth-order valence-corrected chi connectivity index (χ4v) is 2.96. The van der Waals surface area contributed by atoms with Crippen molar-refractivity contribution in [3.63, 3.8) is 0 Å². The predicted molar refractivity (Wildman–Crippen MR) is 93.9 cm³/mol. The van der Waals surface area contributed by atoms with E-state index in [1.165, 1.54) is 6.07 Å². The van der Waals surface area contributed by atoms with Crippen LogP contribution in [0.4, 0.5) is 14.9 Å². The number of hydrogen-bond acceptors (Lipinski definition) is 3. The van der Waals surface area contributed by atoms with Crippen LogP contribution in [-0.2, 0) is 4.79 Å². The SMILES string of the molecule is Cc1ccc(F)c(NC(=O)N2CCN([C@H](C)C(=O)NC3CC3)CC2)c1. The monoisotopic (exact) mass is 348 g/mol. The molecule has 136 valence electrons. The number of carbonyl (C=O) groups excluding carboxylic acids is 2. The highest BCUT2D eigenvalue weighted by Crippen LogP contribution is 2.20. The van der Waals surface area contributed by atoms with Gasteiger partial charge in [0, 0.05) is 32.2 Å². The van der Waals surface area contributed by atoms with Crippen LogP contribution in [0.15, 0.2) is 18.2 Å². The molecule has 1 atom stereocenters.